The van der Waals surface area contributed by atoms with E-state index in [9.17, 15) is 4.79 Å². The average Bonchev–Trinajstić information content (AvgIpc) is 2.80. The molecule has 1 aliphatic heterocycles. The third kappa shape index (κ3) is 3.04. The van der Waals surface area contributed by atoms with Crippen molar-refractivity contribution < 1.29 is 4.79 Å². The number of hydrogen-bond acceptors (Lipinski definition) is 3. The lowest BCUT2D eigenvalue weighted by Gasteiger charge is -2.32. The van der Waals surface area contributed by atoms with Crippen molar-refractivity contribution in [3.05, 3.63) is 22.4 Å². The van der Waals surface area contributed by atoms with Crippen LogP contribution in [0.15, 0.2) is 17.5 Å². The van der Waals surface area contributed by atoms with E-state index in [1.807, 2.05) is 16.2 Å². The quantitative estimate of drug-likeness (QED) is 0.714. The lowest BCUT2D eigenvalue weighted by atomic mass is 10.3. The number of amides is 1. The minimum atomic E-state index is 0.883. The highest BCUT2D eigenvalue weighted by molar-refractivity contribution is 7.09. The molecule has 4 heteroatoms. The van der Waals surface area contributed by atoms with Gasteiger partial charge in [0, 0.05) is 37.6 Å². The number of thiophene rings is 1. The standard InChI is InChI=1S/C11H16N2OS/c14-10-13-7-5-12(6-8-13)4-3-11-2-1-9-15-11/h1-2,9-10H,3-8H2. The molecule has 1 aromatic heterocycles. The maximum Gasteiger partial charge on any atom is 0.209 e. The van der Waals surface area contributed by atoms with Crippen LogP contribution in [0.25, 0.3) is 0 Å². The van der Waals surface area contributed by atoms with Gasteiger partial charge >= 0.3 is 0 Å². The molecule has 1 amide bonds. The molecule has 3 nitrogen and oxygen atoms in total. The van der Waals surface area contributed by atoms with E-state index >= 15 is 0 Å². The van der Waals surface area contributed by atoms with Crippen LogP contribution in [-0.4, -0.2) is 48.9 Å². The average molecular weight is 224 g/mol. The first kappa shape index (κ1) is 10.6. The largest absolute Gasteiger partial charge is 0.343 e. The smallest absolute Gasteiger partial charge is 0.209 e. The summed E-state index contributed by atoms with van der Waals surface area (Å²) < 4.78 is 0. The van der Waals surface area contributed by atoms with Gasteiger partial charge in [0.15, 0.2) is 0 Å². The zero-order valence-corrected chi connectivity index (χ0v) is 9.58. The molecule has 0 bridgehead atoms. The summed E-state index contributed by atoms with van der Waals surface area (Å²) in [5, 5.41) is 2.12. The van der Waals surface area contributed by atoms with Gasteiger partial charge < -0.3 is 4.90 Å². The molecule has 0 aliphatic carbocycles. The van der Waals surface area contributed by atoms with Crippen molar-refractivity contribution in [3.8, 4) is 0 Å². The topological polar surface area (TPSA) is 23.6 Å². The van der Waals surface area contributed by atoms with Crippen molar-refractivity contribution in [2.45, 2.75) is 6.42 Å². The molecule has 15 heavy (non-hydrogen) atoms. The Hall–Kier alpha value is -0.870. The first-order chi connectivity index (χ1) is 7.38. The van der Waals surface area contributed by atoms with E-state index in [-0.39, 0.29) is 0 Å². The van der Waals surface area contributed by atoms with Crippen molar-refractivity contribution in [2.75, 3.05) is 32.7 Å². The number of hydrogen-bond donors (Lipinski definition) is 0. The minimum absolute atomic E-state index is 0.883. The molecule has 1 aromatic rings. The van der Waals surface area contributed by atoms with Gasteiger partial charge in [0.25, 0.3) is 0 Å². The van der Waals surface area contributed by atoms with Gasteiger partial charge in [0.2, 0.25) is 6.41 Å². The fraction of sp³-hybridized carbons (Fsp3) is 0.545. The zero-order chi connectivity index (χ0) is 10.5. The van der Waals surface area contributed by atoms with E-state index < -0.39 is 0 Å². The Labute approximate surface area is 94.3 Å². The van der Waals surface area contributed by atoms with Crippen LogP contribution >= 0.6 is 11.3 Å². The molecule has 1 fully saturated rings. The summed E-state index contributed by atoms with van der Waals surface area (Å²) in [5.74, 6) is 0. The third-order valence-corrected chi connectivity index (χ3v) is 3.75. The van der Waals surface area contributed by atoms with Crippen LogP contribution in [0, 0.1) is 0 Å². The number of rotatable bonds is 4. The first-order valence-electron chi connectivity index (χ1n) is 5.32. The monoisotopic (exact) mass is 224 g/mol. The van der Waals surface area contributed by atoms with Gasteiger partial charge in [0.1, 0.15) is 0 Å². The fourth-order valence-electron chi connectivity index (χ4n) is 1.82. The maximum absolute atomic E-state index is 10.5. The second-order valence-electron chi connectivity index (χ2n) is 3.81. The van der Waals surface area contributed by atoms with Gasteiger partial charge in [0.05, 0.1) is 0 Å². The van der Waals surface area contributed by atoms with Crippen molar-refractivity contribution in [3.63, 3.8) is 0 Å². The van der Waals surface area contributed by atoms with E-state index in [0.29, 0.717) is 0 Å². The molecule has 1 saturated heterocycles. The van der Waals surface area contributed by atoms with E-state index in [2.05, 4.69) is 22.4 Å². The second kappa shape index (κ2) is 5.28. The van der Waals surface area contributed by atoms with Gasteiger partial charge in [-0.2, -0.15) is 0 Å². The zero-order valence-electron chi connectivity index (χ0n) is 8.76. The molecule has 0 N–H and O–H groups in total. The summed E-state index contributed by atoms with van der Waals surface area (Å²) in [6, 6.07) is 4.29. The molecule has 2 rings (SSSR count). The first-order valence-corrected chi connectivity index (χ1v) is 6.20. The third-order valence-electron chi connectivity index (χ3n) is 2.81. The molecule has 0 spiro atoms. The Bertz CT molecular complexity index is 292. The lowest BCUT2D eigenvalue weighted by Crippen LogP contribution is -2.46. The Morgan fingerprint density at radius 1 is 1.33 bits per heavy atom. The van der Waals surface area contributed by atoms with Crippen LogP contribution in [0.3, 0.4) is 0 Å². The fourth-order valence-corrected chi connectivity index (χ4v) is 2.51. The van der Waals surface area contributed by atoms with Crippen LogP contribution in [0.1, 0.15) is 4.88 Å². The SMILES string of the molecule is O=CN1CCN(CCc2cccs2)CC1. The van der Waals surface area contributed by atoms with Gasteiger partial charge in [-0.1, -0.05) is 6.07 Å². The number of nitrogens with zero attached hydrogens (tertiary/aromatic N) is 2. The van der Waals surface area contributed by atoms with Gasteiger partial charge in [-0.05, 0) is 17.9 Å². The number of carbonyl (C=O) groups is 1. The van der Waals surface area contributed by atoms with E-state index in [4.69, 9.17) is 0 Å². The summed E-state index contributed by atoms with van der Waals surface area (Å²) in [4.78, 5) is 16.3. The normalized spacial score (nSPS) is 18.0. The van der Waals surface area contributed by atoms with Gasteiger partial charge in [-0.25, -0.2) is 0 Å². The van der Waals surface area contributed by atoms with E-state index in [1.165, 1.54) is 4.88 Å². The van der Waals surface area contributed by atoms with Crippen molar-refractivity contribution in [1.82, 2.24) is 9.80 Å². The van der Waals surface area contributed by atoms with Crippen LogP contribution in [-0.2, 0) is 11.2 Å². The Morgan fingerprint density at radius 3 is 2.73 bits per heavy atom. The predicted molar refractivity (Wildman–Crippen MR) is 62.1 cm³/mol. The summed E-state index contributed by atoms with van der Waals surface area (Å²) >= 11 is 1.82. The van der Waals surface area contributed by atoms with Gasteiger partial charge in [-0.15, -0.1) is 11.3 Å². The van der Waals surface area contributed by atoms with Crippen molar-refractivity contribution >= 4 is 17.7 Å². The molecule has 82 valence electrons. The highest BCUT2D eigenvalue weighted by atomic mass is 32.1. The highest BCUT2D eigenvalue weighted by Crippen LogP contribution is 2.10. The Morgan fingerprint density at radius 2 is 2.13 bits per heavy atom. The molecular formula is C11H16N2OS. The summed E-state index contributed by atoms with van der Waals surface area (Å²) in [5.41, 5.74) is 0. The Balaban J connectivity index is 1.71. The van der Waals surface area contributed by atoms with Crippen LogP contribution in [0.5, 0.6) is 0 Å². The molecule has 2 heterocycles. The molecule has 0 radical (unpaired) electrons. The molecule has 0 saturated carbocycles. The lowest BCUT2D eigenvalue weighted by molar-refractivity contribution is -0.119. The highest BCUT2D eigenvalue weighted by Gasteiger charge is 2.14. The summed E-state index contributed by atoms with van der Waals surface area (Å²) in [6.45, 7) is 4.92. The molecule has 0 aromatic carbocycles. The summed E-state index contributed by atoms with van der Waals surface area (Å²) in [6.07, 6.45) is 2.09. The maximum atomic E-state index is 10.5. The predicted octanol–water partition coefficient (Wildman–Crippen LogP) is 1.06. The summed E-state index contributed by atoms with van der Waals surface area (Å²) in [7, 11) is 0. The minimum Gasteiger partial charge on any atom is -0.343 e. The number of carbonyl (C=O) groups excluding carboxylic acids is 1. The van der Waals surface area contributed by atoms with Crippen LogP contribution < -0.4 is 0 Å². The Kier molecular flexibility index (Phi) is 3.75. The van der Waals surface area contributed by atoms with Crippen molar-refractivity contribution in [2.24, 2.45) is 0 Å². The van der Waals surface area contributed by atoms with E-state index in [1.54, 1.807) is 0 Å². The van der Waals surface area contributed by atoms with Gasteiger partial charge in [-0.3, -0.25) is 9.69 Å². The van der Waals surface area contributed by atoms with E-state index in [0.717, 1.165) is 45.6 Å². The number of piperazine rings is 1. The van der Waals surface area contributed by atoms with Crippen LogP contribution in [0.4, 0.5) is 0 Å². The molecule has 0 unspecified atom stereocenters. The molecule has 1 aliphatic rings. The van der Waals surface area contributed by atoms with Crippen LogP contribution in [0.2, 0.25) is 0 Å². The molecular weight excluding hydrogens is 208 g/mol. The second-order valence-corrected chi connectivity index (χ2v) is 4.84. The van der Waals surface area contributed by atoms with Crippen molar-refractivity contribution in [1.29, 1.82) is 0 Å². The molecule has 0 atom stereocenters.